The van der Waals surface area contributed by atoms with Gasteiger partial charge in [-0.3, -0.25) is 0 Å². The van der Waals surface area contributed by atoms with Crippen molar-refractivity contribution >= 4 is 8.46 Å². The molecule has 2 nitrogen and oxygen atoms in total. The van der Waals surface area contributed by atoms with Crippen LogP contribution in [0.4, 0.5) is 0 Å². The van der Waals surface area contributed by atoms with Crippen molar-refractivity contribution in [3.05, 3.63) is 108 Å². The van der Waals surface area contributed by atoms with Gasteiger partial charge in [0.25, 0.3) is 5.28 Å². The molecule has 3 aromatic carbocycles. The summed E-state index contributed by atoms with van der Waals surface area (Å²) in [6.07, 6.45) is 0. The minimum Gasteiger partial charge on any atom is -0.246 e. The van der Waals surface area contributed by atoms with Crippen LogP contribution in [-0.2, 0) is 9.85 Å². The molecule has 0 aromatic heterocycles. The second-order valence-corrected chi connectivity index (χ2v) is 7.17. The Morgan fingerprint density at radius 3 is 1.56 bits per heavy atom. The van der Waals surface area contributed by atoms with Crippen LogP contribution in [0.2, 0.25) is 0 Å². The zero-order valence-corrected chi connectivity index (χ0v) is 15.6. The van der Waals surface area contributed by atoms with Crippen LogP contribution in [0.5, 0.6) is 0 Å². The molecule has 0 amide bonds. The van der Waals surface area contributed by atoms with Gasteiger partial charge >= 0.3 is 8.46 Å². The highest BCUT2D eigenvalue weighted by Gasteiger charge is 2.48. The molecule has 2 unspecified atom stereocenters. The van der Waals surface area contributed by atoms with Crippen LogP contribution < -0.4 is 0 Å². The Morgan fingerprint density at radius 2 is 1.16 bits per heavy atom. The van der Waals surface area contributed by atoms with Gasteiger partial charge in [-0.25, -0.2) is 4.90 Å². The zero-order chi connectivity index (χ0) is 17.7. The number of rotatable bonds is 6. The maximum absolute atomic E-state index is 12.7. The molecule has 0 radical (unpaired) electrons. The first kappa shape index (κ1) is 17.5. The van der Waals surface area contributed by atoms with E-state index in [1.54, 1.807) is 0 Å². The van der Waals surface area contributed by atoms with Crippen LogP contribution >= 0.6 is 8.46 Å². The van der Waals surface area contributed by atoms with Crippen molar-refractivity contribution in [2.75, 3.05) is 7.05 Å². The predicted octanol–water partition coefficient (Wildman–Crippen LogP) is 5.60. The summed E-state index contributed by atoms with van der Waals surface area (Å²) >= 11 is 0. The van der Waals surface area contributed by atoms with Gasteiger partial charge in [0.1, 0.15) is 0 Å². The maximum atomic E-state index is 12.7. The van der Waals surface area contributed by atoms with E-state index < -0.39 is 13.7 Å². The summed E-state index contributed by atoms with van der Waals surface area (Å²) in [4.78, 5) is 2.22. The Labute approximate surface area is 151 Å². The van der Waals surface area contributed by atoms with Crippen molar-refractivity contribution in [1.29, 1.82) is 0 Å². The van der Waals surface area contributed by atoms with Crippen LogP contribution in [0.1, 0.15) is 29.7 Å². The Bertz CT molecular complexity index is 766. The van der Waals surface area contributed by atoms with Gasteiger partial charge in [0.15, 0.2) is 0 Å². The summed E-state index contributed by atoms with van der Waals surface area (Å²) in [5, 5.41) is -0.683. The number of benzene rings is 3. The highest BCUT2D eigenvalue weighted by Crippen LogP contribution is 2.47. The number of hydrogen-bond acceptors (Lipinski definition) is 2. The summed E-state index contributed by atoms with van der Waals surface area (Å²) in [5.41, 5.74) is 3.29. The minimum atomic E-state index is -0.683. The average Bonchev–Trinajstić information content (AvgIpc) is 2.70. The largest absolute Gasteiger partial charge is 0.357 e. The summed E-state index contributed by atoms with van der Waals surface area (Å²) in [5.74, 6) is 0. The molecule has 0 N–H and O–H groups in total. The van der Waals surface area contributed by atoms with Gasteiger partial charge in [-0.15, -0.1) is 0 Å². The lowest BCUT2D eigenvalue weighted by Gasteiger charge is -2.36. The lowest BCUT2D eigenvalue weighted by Crippen LogP contribution is -2.41. The fraction of sp³-hybridized carbons (Fsp3) is 0.182. The van der Waals surface area contributed by atoms with Gasteiger partial charge in [0.2, 0.25) is 0 Å². The van der Waals surface area contributed by atoms with Crippen molar-refractivity contribution in [2.24, 2.45) is 0 Å². The van der Waals surface area contributed by atoms with E-state index in [0.29, 0.717) is 0 Å². The molecule has 2 atom stereocenters. The lowest BCUT2D eigenvalue weighted by atomic mass is 9.94. The maximum Gasteiger partial charge on any atom is 0.357 e. The standard InChI is InChI=1S/C22H22NOP/c1-18(19-12-6-3-7-13-19)23(2)22(25-24,20-14-8-4-9-15-20)21-16-10-5-11-17-21/h3-18H,1-2H3/p+1. The molecule has 3 heteroatoms. The molecular formula is C22H23NOP+. The molecule has 126 valence electrons. The molecule has 0 saturated heterocycles. The number of nitrogens with zero attached hydrogens (tertiary/aromatic N) is 1. The van der Waals surface area contributed by atoms with Crippen molar-refractivity contribution < 1.29 is 4.57 Å². The van der Waals surface area contributed by atoms with Crippen LogP contribution in [0.25, 0.3) is 0 Å². The first-order chi connectivity index (χ1) is 12.2. The van der Waals surface area contributed by atoms with Gasteiger partial charge in [-0.05, 0) is 19.5 Å². The molecule has 0 aliphatic rings. The molecular weight excluding hydrogens is 325 g/mol. The molecule has 3 aromatic rings. The van der Waals surface area contributed by atoms with Gasteiger partial charge in [0.05, 0.1) is 0 Å². The summed E-state index contributed by atoms with van der Waals surface area (Å²) in [6.45, 7) is 2.16. The van der Waals surface area contributed by atoms with E-state index >= 15 is 0 Å². The normalized spacial score (nSPS) is 13.1. The highest BCUT2D eigenvalue weighted by molar-refractivity contribution is 7.25. The zero-order valence-electron chi connectivity index (χ0n) is 14.6. The highest BCUT2D eigenvalue weighted by atomic mass is 31.1. The first-order valence-corrected chi connectivity index (χ1v) is 9.39. The van der Waals surface area contributed by atoms with Crippen molar-refractivity contribution in [1.82, 2.24) is 4.90 Å². The van der Waals surface area contributed by atoms with Crippen LogP contribution in [0.15, 0.2) is 91.0 Å². The van der Waals surface area contributed by atoms with Gasteiger partial charge in [-0.2, -0.15) is 0 Å². The van der Waals surface area contributed by atoms with E-state index in [4.69, 9.17) is 0 Å². The first-order valence-electron chi connectivity index (χ1n) is 8.48. The third-order valence-corrected chi connectivity index (χ3v) is 6.15. The van der Waals surface area contributed by atoms with Crippen molar-refractivity contribution in [3.8, 4) is 0 Å². The topological polar surface area (TPSA) is 20.3 Å². The molecule has 0 fully saturated rings. The Morgan fingerprint density at radius 1 is 0.760 bits per heavy atom. The molecule has 0 aliphatic carbocycles. The Kier molecular flexibility index (Phi) is 5.43. The molecule has 0 saturated carbocycles. The van der Waals surface area contributed by atoms with Gasteiger partial charge in [-0.1, -0.05) is 95.6 Å². The fourth-order valence-electron chi connectivity index (χ4n) is 3.37. The quantitative estimate of drug-likeness (QED) is 0.540. The smallest absolute Gasteiger partial charge is 0.246 e. The third kappa shape index (κ3) is 3.28. The van der Waals surface area contributed by atoms with Gasteiger partial charge < -0.3 is 0 Å². The second-order valence-electron chi connectivity index (χ2n) is 6.24. The molecule has 0 aliphatic heterocycles. The molecule has 0 heterocycles. The van der Waals surface area contributed by atoms with Crippen LogP contribution in [0.3, 0.4) is 0 Å². The average molecular weight is 348 g/mol. The van der Waals surface area contributed by atoms with Gasteiger partial charge in [0, 0.05) is 17.2 Å². The van der Waals surface area contributed by atoms with E-state index in [2.05, 4.69) is 55.3 Å². The second kappa shape index (κ2) is 7.74. The molecule has 0 spiro atoms. The minimum absolute atomic E-state index is 0.114. The van der Waals surface area contributed by atoms with E-state index in [1.807, 2.05) is 54.6 Å². The SMILES string of the molecule is CC(c1ccccc1)N(C)C([PH+]=O)(c1ccccc1)c1ccccc1. The van der Waals surface area contributed by atoms with E-state index in [9.17, 15) is 4.57 Å². The lowest BCUT2D eigenvalue weighted by molar-refractivity contribution is 0.181. The van der Waals surface area contributed by atoms with Crippen molar-refractivity contribution in [2.45, 2.75) is 18.2 Å². The Hall–Kier alpha value is -2.28. The van der Waals surface area contributed by atoms with Crippen LogP contribution in [-0.4, -0.2) is 11.9 Å². The molecule has 3 rings (SSSR count). The molecule has 0 bridgehead atoms. The summed E-state index contributed by atoms with van der Waals surface area (Å²) in [7, 11) is 1.53. The summed E-state index contributed by atoms with van der Waals surface area (Å²) in [6, 6.07) is 30.7. The molecule has 25 heavy (non-hydrogen) atoms. The Balaban J connectivity index is 2.16. The van der Waals surface area contributed by atoms with Crippen molar-refractivity contribution in [3.63, 3.8) is 0 Å². The predicted molar refractivity (Wildman–Crippen MR) is 105 cm³/mol. The van der Waals surface area contributed by atoms with E-state index in [0.717, 1.165) is 11.1 Å². The van der Waals surface area contributed by atoms with Crippen LogP contribution in [0, 0.1) is 0 Å². The van der Waals surface area contributed by atoms with E-state index in [-0.39, 0.29) is 6.04 Å². The third-order valence-electron chi connectivity index (χ3n) is 4.92. The number of hydrogen-bond donors (Lipinski definition) is 0. The summed E-state index contributed by atoms with van der Waals surface area (Å²) < 4.78 is 12.7. The fourth-order valence-corrected chi connectivity index (χ4v) is 4.27. The van der Waals surface area contributed by atoms with E-state index in [1.165, 1.54) is 5.56 Å². The monoisotopic (exact) mass is 348 g/mol.